The molecule has 0 fully saturated rings. The molecule has 26 heavy (non-hydrogen) atoms. The van der Waals surface area contributed by atoms with E-state index < -0.39 is 11.2 Å². The number of hydrogen-bond acceptors (Lipinski definition) is 3. The number of hydrogen-bond donors (Lipinski definition) is 2. The summed E-state index contributed by atoms with van der Waals surface area (Å²) in [5.41, 5.74) is 2.81. The Hall–Kier alpha value is -1.65. The lowest BCUT2D eigenvalue weighted by atomic mass is 9.85. The first-order valence-corrected chi connectivity index (χ1v) is 9.98. The topological polar surface area (TPSA) is 63.5 Å². The summed E-state index contributed by atoms with van der Waals surface area (Å²) < 4.78 is 13.3. The molecule has 0 atom stereocenters. The molecule has 2 aromatic carbocycles. The minimum absolute atomic E-state index is 0.0413. The van der Waals surface area contributed by atoms with Gasteiger partial charge in [-0.2, -0.15) is 0 Å². The minimum atomic E-state index is -1.68. The highest BCUT2D eigenvalue weighted by Gasteiger charge is 2.31. The fourth-order valence-electron chi connectivity index (χ4n) is 3.04. The monoisotopic (exact) mass is 374 g/mol. The van der Waals surface area contributed by atoms with Gasteiger partial charge in [0.15, 0.2) is 11.5 Å². The second kappa shape index (κ2) is 6.82. The molecule has 0 aliphatic heterocycles. The summed E-state index contributed by atoms with van der Waals surface area (Å²) in [7, 11) is 0. The van der Waals surface area contributed by atoms with E-state index in [1.165, 1.54) is 0 Å². The lowest BCUT2D eigenvalue weighted by Gasteiger charge is -2.25. The van der Waals surface area contributed by atoms with Crippen molar-refractivity contribution in [2.75, 3.05) is 0 Å². The van der Waals surface area contributed by atoms with E-state index in [1.54, 1.807) is 12.1 Å². The number of aryl methyl sites for hydroxylation is 2. The van der Waals surface area contributed by atoms with Crippen LogP contribution in [0.2, 0.25) is 0 Å². The summed E-state index contributed by atoms with van der Waals surface area (Å²) in [5.74, 6) is 0.0827. The van der Waals surface area contributed by atoms with Gasteiger partial charge in [0.2, 0.25) is 9.79 Å². The van der Waals surface area contributed by atoms with Gasteiger partial charge in [-0.05, 0) is 35.8 Å². The van der Waals surface area contributed by atoms with Crippen LogP contribution in [0.25, 0.3) is 0 Å². The van der Waals surface area contributed by atoms with E-state index in [2.05, 4.69) is 0 Å². The van der Waals surface area contributed by atoms with Crippen LogP contribution in [0.15, 0.2) is 34.1 Å². The van der Waals surface area contributed by atoms with Crippen LogP contribution in [0.4, 0.5) is 0 Å². The molecule has 0 heterocycles. The molecule has 2 rings (SSSR count). The third kappa shape index (κ3) is 4.02. The summed E-state index contributed by atoms with van der Waals surface area (Å²) >= 11 is -1.68. The van der Waals surface area contributed by atoms with Crippen molar-refractivity contribution in [1.82, 2.24) is 0 Å². The van der Waals surface area contributed by atoms with E-state index in [9.17, 15) is 14.8 Å². The highest BCUT2D eigenvalue weighted by Crippen LogP contribution is 2.43. The van der Waals surface area contributed by atoms with Crippen molar-refractivity contribution >= 4 is 11.2 Å². The third-order valence-electron chi connectivity index (χ3n) is 4.45. The fourth-order valence-corrected chi connectivity index (χ4v) is 4.43. The Kier molecular flexibility index (Phi) is 5.42. The predicted molar refractivity (Wildman–Crippen MR) is 108 cm³/mol. The van der Waals surface area contributed by atoms with Crippen LogP contribution < -0.4 is 0 Å². The lowest BCUT2D eigenvalue weighted by molar-refractivity contribution is 0.426. The molecule has 3 nitrogen and oxygen atoms in total. The fraction of sp³-hybridized carbons (Fsp3) is 0.455. The maximum absolute atomic E-state index is 13.3. The first-order valence-electron chi connectivity index (χ1n) is 8.83. The second-order valence-corrected chi connectivity index (χ2v) is 10.5. The summed E-state index contributed by atoms with van der Waals surface area (Å²) in [5, 5.41) is 21.6. The van der Waals surface area contributed by atoms with E-state index in [1.807, 2.05) is 67.5 Å². The molecule has 4 heteroatoms. The van der Waals surface area contributed by atoms with Crippen molar-refractivity contribution in [3.63, 3.8) is 0 Å². The average molecular weight is 375 g/mol. The third-order valence-corrected chi connectivity index (χ3v) is 5.88. The van der Waals surface area contributed by atoms with Crippen LogP contribution >= 0.6 is 0 Å². The second-order valence-electron chi connectivity index (χ2n) is 9.09. The molecule has 0 aliphatic carbocycles. The Morgan fingerprint density at radius 3 is 1.27 bits per heavy atom. The van der Waals surface area contributed by atoms with Gasteiger partial charge in [0.25, 0.3) is 0 Å². The molecule has 0 aromatic heterocycles. The van der Waals surface area contributed by atoms with Crippen LogP contribution in [0.1, 0.15) is 63.8 Å². The van der Waals surface area contributed by atoms with E-state index in [-0.39, 0.29) is 22.3 Å². The molecule has 0 radical (unpaired) electrons. The van der Waals surface area contributed by atoms with Crippen molar-refractivity contribution in [3.8, 4) is 11.5 Å². The van der Waals surface area contributed by atoms with Gasteiger partial charge >= 0.3 is 0 Å². The van der Waals surface area contributed by atoms with E-state index >= 15 is 0 Å². The molecule has 142 valence electrons. The average Bonchev–Trinajstić information content (AvgIpc) is 2.48. The van der Waals surface area contributed by atoms with Crippen LogP contribution in [0, 0.1) is 13.8 Å². The molecule has 2 N–H and O–H groups in total. The van der Waals surface area contributed by atoms with Gasteiger partial charge in [-0.1, -0.05) is 53.7 Å². The van der Waals surface area contributed by atoms with Crippen molar-refractivity contribution in [2.24, 2.45) is 0 Å². The molecule has 0 saturated heterocycles. The van der Waals surface area contributed by atoms with Crippen LogP contribution in [0.5, 0.6) is 11.5 Å². The summed E-state index contributed by atoms with van der Waals surface area (Å²) in [4.78, 5) is 0.686. The van der Waals surface area contributed by atoms with Gasteiger partial charge in [-0.3, -0.25) is 0 Å². The number of aromatic hydroxyl groups is 2. The van der Waals surface area contributed by atoms with E-state index in [0.717, 1.165) is 22.3 Å². The zero-order valence-corrected chi connectivity index (χ0v) is 17.8. The van der Waals surface area contributed by atoms with Gasteiger partial charge in [0, 0.05) is 34.4 Å². The Bertz CT molecular complexity index is 757. The molecule has 0 bridgehead atoms. The van der Waals surface area contributed by atoms with Gasteiger partial charge in [-0.15, -0.1) is 0 Å². The summed E-state index contributed by atoms with van der Waals surface area (Å²) in [6.45, 7) is 15.9. The molecular weight excluding hydrogens is 344 g/mol. The Balaban J connectivity index is 2.70. The Labute approximate surface area is 160 Å². The van der Waals surface area contributed by atoms with Gasteiger partial charge in [0.05, 0.1) is 0 Å². The molecule has 0 amide bonds. The SMILES string of the molecule is Cc1cc([S+]([O-])c2cc(C)cc(C(C)(C)C)c2O)c(O)c(C(C)(C)C)c1. The van der Waals surface area contributed by atoms with Crippen LogP contribution in [-0.2, 0) is 22.0 Å². The number of phenols is 2. The molecule has 0 aliphatic rings. The van der Waals surface area contributed by atoms with Crippen LogP contribution in [-0.4, -0.2) is 14.8 Å². The zero-order chi connectivity index (χ0) is 20.0. The molecule has 2 aromatic rings. The molecule has 0 saturated carbocycles. The van der Waals surface area contributed by atoms with Crippen molar-refractivity contribution in [1.29, 1.82) is 0 Å². The van der Waals surface area contributed by atoms with Crippen molar-refractivity contribution < 1.29 is 14.8 Å². The summed E-state index contributed by atoms with van der Waals surface area (Å²) in [6.07, 6.45) is 0. The Morgan fingerprint density at radius 2 is 1.00 bits per heavy atom. The first-order chi connectivity index (χ1) is 11.7. The normalized spacial score (nSPS) is 12.7. The molecule has 0 unspecified atom stereocenters. The van der Waals surface area contributed by atoms with Gasteiger partial charge in [0.1, 0.15) is 0 Å². The highest BCUT2D eigenvalue weighted by atomic mass is 32.2. The number of phenolic OH excluding ortho intramolecular Hbond substituents is 2. The number of rotatable bonds is 2. The molecule has 0 spiro atoms. The highest BCUT2D eigenvalue weighted by molar-refractivity contribution is 7.91. The van der Waals surface area contributed by atoms with Gasteiger partial charge in [-0.25, -0.2) is 0 Å². The maximum atomic E-state index is 13.3. The molecular formula is C22H30O3S. The quantitative estimate of drug-likeness (QED) is 0.685. The Morgan fingerprint density at radius 1 is 0.692 bits per heavy atom. The van der Waals surface area contributed by atoms with Crippen molar-refractivity contribution in [2.45, 2.75) is 76.0 Å². The smallest absolute Gasteiger partial charge is 0.200 e. The summed E-state index contributed by atoms with van der Waals surface area (Å²) in [6, 6.07) is 7.32. The van der Waals surface area contributed by atoms with E-state index in [4.69, 9.17) is 0 Å². The van der Waals surface area contributed by atoms with Crippen molar-refractivity contribution in [3.05, 3.63) is 46.5 Å². The van der Waals surface area contributed by atoms with E-state index in [0.29, 0.717) is 9.79 Å². The standard InChI is InChI=1S/C22H30O3S/c1-13-9-15(21(3,4)5)19(23)17(11-13)26(25)18-12-14(2)10-16(20(18)24)22(6,7)8/h9-12,23-24H,1-8H3. The maximum Gasteiger partial charge on any atom is 0.200 e. The van der Waals surface area contributed by atoms with Gasteiger partial charge < -0.3 is 14.8 Å². The zero-order valence-electron chi connectivity index (χ0n) is 17.0. The van der Waals surface area contributed by atoms with Crippen LogP contribution in [0.3, 0.4) is 0 Å². The largest absolute Gasteiger partial charge is 0.606 e. The predicted octanol–water partition coefficient (Wildman–Crippen LogP) is 5.48. The first kappa shape index (κ1) is 20.7. The lowest BCUT2D eigenvalue weighted by Crippen LogP contribution is -2.16. The number of benzene rings is 2. The minimum Gasteiger partial charge on any atom is -0.606 e.